The predicted molar refractivity (Wildman–Crippen MR) is 73.3 cm³/mol. The van der Waals surface area contributed by atoms with E-state index in [4.69, 9.17) is 5.73 Å². The molecule has 0 aliphatic heterocycles. The van der Waals surface area contributed by atoms with Gasteiger partial charge in [0.2, 0.25) is 0 Å². The average Bonchev–Trinajstić information content (AvgIpc) is 2.24. The minimum absolute atomic E-state index is 0.554. The van der Waals surface area contributed by atoms with Gasteiger partial charge in [-0.05, 0) is 31.7 Å². The molecule has 1 heterocycles. The summed E-state index contributed by atoms with van der Waals surface area (Å²) in [6.45, 7) is 5.68. The smallest absolute Gasteiger partial charge is 0.133 e. The van der Waals surface area contributed by atoms with Crippen LogP contribution >= 0.6 is 11.8 Å². The van der Waals surface area contributed by atoms with Crippen LogP contribution < -0.4 is 10.6 Å². The molecule has 4 heteroatoms. The van der Waals surface area contributed by atoms with Gasteiger partial charge in [0.15, 0.2) is 0 Å². The topological polar surface area (TPSA) is 42.2 Å². The SMILES string of the molecule is CSCCN(C)c1nc(C)cc(C)c1CN. The van der Waals surface area contributed by atoms with E-state index < -0.39 is 0 Å². The van der Waals surface area contributed by atoms with Crippen molar-refractivity contribution in [1.29, 1.82) is 0 Å². The highest BCUT2D eigenvalue weighted by Crippen LogP contribution is 2.21. The number of aromatic nitrogens is 1. The molecule has 16 heavy (non-hydrogen) atoms. The van der Waals surface area contributed by atoms with Gasteiger partial charge in [0.1, 0.15) is 5.82 Å². The molecule has 1 aromatic heterocycles. The van der Waals surface area contributed by atoms with E-state index in [2.05, 4.69) is 36.2 Å². The molecule has 0 saturated carbocycles. The Morgan fingerprint density at radius 1 is 1.44 bits per heavy atom. The lowest BCUT2D eigenvalue weighted by molar-refractivity contribution is 0.899. The third-order valence-corrected chi connectivity index (χ3v) is 3.24. The predicted octanol–water partition coefficient (Wildman–Crippen LogP) is 1.96. The van der Waals surface area contributed by atoms with Gasteiger partial charge in [0, 0.05) is 37.1 Å². The van der Waals surface area contributed by atoms with Gasteiger partial charge in [0.25, 0.3) is 0 Å². The van der Waals surface area contributed by atoms with Crippen LogP contribution in [0.5, 0.6) is 0 Å². The summed E-state index contributed by atoms with van der Waals surface area (Å²) in [5, 5.41) is 0. The Bertz CT molecular complexity index is 352. The number of thioether (sulfide) groups is 1. The van der Waals surface area contributed by atoms with Crippen LogP contribution in [0.2, 0.25) is 0 Å². The molecule has 1 aromatic rings. The van der Waals surface area contributed by atoms with Gasteiger partial charge in [-0.3, -0.25) is 0 Å². The average molecular weight is 239 g/mol. The van der Waals surface area contributed by atoms with Crippen LogP contribution in [0.4, 0.5) is 5.82 Å². The molecule has 0 aromatic carbocycles. The summed E-state index contributed by atoms with van der Waals surface area (Å²) >= 11 is 1.85. The molecule has 0 amide bonds. The Labute approximate surface area is 102 Å². The maximum absolute atomic E-state index is 5.80. The van der Waals surface area contributed by atoms with Crippen LogP contribution in [0, 0.1) is 13.8 Å². The summed E-state index contributed by atoms with van der Waals surface area (Å²) < 4.78 is 0. The molecular weight excluding hydrogens is 218 g/mol. The number of anilines is 1. The molecule has 0 radical (unpaired) electrons. The number of pyridine rings is 1. The zero-order valence-electron chi connectivity index (χ0n) is 10.6. The molecule has 1 rings (SSSR count). The molecule has 0 atom stereocenters. The molecule has 3 nitrogen and oxygen atoms in total. The Hall–Kier alpha value is -0.740. The molecule has 0 aliphatic carbocycles. The Balaban J connectivity index is 3.00. The van der Waals surface area contributed by atoms with Crippen molar-refractivity contribution in [2.45, 2.75) is 20.4 Å². The van der Waals surface area contributed by atoms with Crippen molar-refractivity contribution in [3.8, 4) is 0 Å². The highest BCUT2D eigenvalue weighted by atomic mass is 32.2. The van der Waals surface area contributed by atoms with Crippen LogP contribution in [-0.2, 0) is 6.54 Å². The van der Waals surface area contributed by atoms with Gasteiger partial charge in [0.05, 0.1) is 0 Å². The maximum Gasteiger partial charge on any atom is 0.133 e. The summed E-state index contributed by atoms with van der Waals surface area (Å²) in [5.74, 6) is 2.14. The van der Waals surface area contributed by atoms with Gasteiger partial charge in [-0.1, -0.05) is 0 Å². The van der Waals surface area contributed by atoms with Crippen molar-refractivity contribution in [3.05, 3.63) is 22.9 Å². The third-order valence-electron chi connectivity index (χ3n) is 2.65. The van der Waals surface area contributed by atoms with Crippen molar-refractivity contribution in [3.63, 3.8) is 0 Å². The molecule has 0 unspecified atom stereocenters. The summed E-state index contributed by atoms with van der Waals surface area (Å²) in [4.78, 5) is 6.79. The van der Waals surface area contributed by atoms with Gasteiger partial charge in [-0.2, -0.15) is 11.8 Å². The van der Waals surface area contributed by atoms with E-state index in [1.165, 1.54) is 5.56 Å². The van der Waals surface area contributed by atoms with Crippen molar-refractivity contribution >= 4 is 17.6 Å². The molecule has 0 spiro atoms. The van der Waals surface area contributed by atoms with Crippen molar-refractivity contribution < 1.29 is 0 Å². The Morgan fingerprint density at radius 3 is 2.69 bits per heavy atom. The first-order valence-electron chi connectivity index (χ1n) is 5.47. The first kappa shape index (κ1) is 13.3. The van der Waals surface area contributed by atoms with Gasteiger partial charge >= 0.3 is 0 Å². The third kappa shape index (κ3) is 3.12. The lowest BCUT2D eigenvalue weighted by Crippen LogP contribution is -2.24. The molecule has 2 N–H and O–H groups in total. The lowest BCUT2D eigenvalue weighted by Gasteiger charge is -2.22. The Morgan fingerprint density at radius 2 is 2.12 bits per heavy atom. The van der Waals surface area contributed by atoms with E-state index in [0.29, 0.717) is 6.54 Å². The van der Waals surface area contributed by atoms with Gasteiger partial charge in [-0.25, -0.2) is 4.98 Å². The van der Waals surface area contributed by atoms with Crippen molar-refractivity contribution in [1.82, 2.24) is 4.98 Å². The second-order valence-corrected chi connectivity index (χ2v) is 4.99. The van der Waals surface area contributed by atoms with Crippen LogP contribution in [0.25, 0.3) is 0 Å². The van der Waals surface area contributed by atoms with Crippen LogP contribution in [0.1, 0.15) is 16.8 Å². The van der Waals surface area contributed by atoms with Gasteiger partial charge < -0.3 is 10.6 Å². The van der Waals surface area contributed by atoms with E-state index in [0.717, 1.165) is 29.4 Å². The monoisotopic (exact) mass is 239 g/mol. The first-order valence-corrected chi connectivity index (χ1v) is 6.86. The van der Waals surface area contributed by atoms with Crippen LogP contribution in [0.15, 0.2) is 6.07 Å². The lowest BCUT2D eigenvalue weighted by atomic mass is 10.1. The number of nitrogens with two attached hydrogens (primary N) is 1. The van der Waals surface area contributed by atoms with E-state index >= 15 is 0 Å². The molecule has 0 bridgehead atoms. The number of rotatable bonds is 5. The number of hydrogen-bond acceptors (Lipinski definition) is 4. The standard InChI is InChI=1S/C12H21N3S/c1-9-7-10(2)14-12(11(9)8-13)15(3)5-6-16-4/h7H,5-6,8,13H2,1-4H3. The highest BCUT2D eigenvalue weighted by molar-refractivity contribution is 7.98. The van der Waals surface area contributed by atoms with E-state index in [1.807, 2.05) is 18.7 Å². The minimum Gasteiger partial charge on any atom is -0.359 e. The molecule has 90 valence electrons. The summed E-state index contributed by atoms with van der Waals surface area (Å²) in [6.07, 6.45) is 2.12. The number of nitrogens with zero attached hydrogens (tertiary/aromatic N) is 2. The fraction of sp³-hybridized carbons (Fsp3) is 0.583. The summed E-state index contributed by atoms with van der Waals surface area (Å²) in [6, 6.07) is 2.09. The van der Waals surface area contributed by atoms with Crippen molar-refractivity contribution in [2.75, 3.05) is 30.5 Å². The maximum atomic E-state index is 5.80. The fourth-order valence-corrected chi connectivity index (χ4v) is 2.20. The molecule has 0 saturated heterocycles. The van der Waals surface area contributed by atoms with Crippen molar-refractivity contribution in [2.24, 2.45) is 5.73 Å². The number of hydrogen-bond donors (Lipinski definition) is 1. The molecular formula is C12H21N3S. The summed E-state index contributed by atoms with van der Waals surface area (Å²) in [5.41, 5.74) is 9.25. The highest BCUT2D eigenvalue weighted by Gasteiger charge is 2.11. The second kappa shape index (κ2) is 6.11. The van der Waals surface area contributed by atoms with E-state index in [1.54, 1.807) is 0 Å². The second-order valence-electron chi connectivity index (χ2n) is 4.00. The number of aryl methyl sites for hydroxylation is 2. The normalized spacial score (nSPS) is 10.6. The summed E-state index contributed by atoms with van der Waals surface area (Å²) in [7, 11) is 2.08. The van der Waals surface area contributed by atoms with Crippen LogP contribution in [0.3, 0.4) is 0 Å². The fourth-order valence-electron chi connectivity index (χ4n) is 1.75. The first-order chi connectivity index (χ1) is 7.60. The zero-order chi connectivity index (χ0) is 12.1. The Kier molecular flexibility index (Phi) is 5.09. The zero-order valence-corrected chi connectivity index (χ0v) is 11.4. The van der Waals surface area contributed by atoms with E-state index in [9.17, 15) is 0 Å². The van der Waals surface area contributed by atoms with E-state index in [-0.39, 0.29) is 0 Å². The molecule has 0 fully saturated rings. The molecule has 0 aliphatic rings. The van der Waals surface area contributed by atoms with Gasteiger partial charge in [-0.15, -0.1) is 0 Å². The minimum atomic E-state index is 0.554. The van der Waals surface area contributed by atoms with Crippen LogP contribution in [-0.4, -0.2) is 30.6 Å². The quantitative estimate of drug-likeness (QED) is 0.853. The largest absolute Gasteiger partial charge is 0.359 e.